The number of nitrogens with zero attached hydrogens (tertiary/aromatic N) is 4. The second-order valence-electron chi connectivity index (χ2n) is 7.86. The van der Waals surface area contributed by atoms with E-state index in [0.717, 1.165) is 36.8 Å². The SMILES string of the molecule is N#Cc1c(-c2ccc(O)cc2F)nc2n[nH]c(N)c2c1-c1ccc(N2CCC(N)C2)cc1. The summed E-state index contributed by atoms with van der Waals surface area (Å²) in [6, 6.07) is 13.8. The van der Waals surface area contributed by atoms with Crippen LogP contribution in [0.15, 0.2) is 42.5 Å². The number of aromatic hydroxyl groups is 1. The van der Waals surface area contributed by atoms with Gasteiger partial charge in [0.25, 0.3) is 0 Å². The number of phenols is 1. The lowest BCUT2D eigenvalue weighted by Crippen LogP contribution is -2.26. The molecule has 8 nitrogen and oxygen atoms in total. The topological polar surface area (TPSA) is 141 Å². The first-order valence-electron chi connectivity index (χ1n) is 10.1. The molecule has 1 aliphatic rings. The van der Waals surface area contributed by atoms with Crippen LogP contribution in [0.5, 0.6) is 5.75 Å². The fourth-order valence-electron chi connectivity index (χ4n) is 4.23. The van der Waals surface area contributed by atoms with Gasteiger partial charge in [0.15, 0.2) is 5.65 Å². The minimum Gasteiger partial charge on any atom is -0.508 e. The molecule has 9 heteroatoms. The van der Waals surface area contributed by atoms with Crippen molar-refractivity contribution in [3.8, 4) is 34.2 Å². The van der Waals surface area contributed by atoms with Gasteiger partial charge in [0.1, 0.15) is 23.5 Å². The van der Waals surface area contributed by atoms with Gasteiger partial charge in [0, 0.05) is 42.0 Å². The van der Waals surface area contributed by atoms with E-state index >= 15 is 0 Å². The molecular formula is C23H20FN7O. The molecule has 1 fully saturated rings. The molecule has 1 aliphatic heterocycles. The molecule has 2 aromatic heterocycles. The van der Waals surface area contributed by atoms with Crippen molar-refractivity contribution < 1.29 is 9.50 Å². The lowest BCUT2D eigenvalue weighted by atomic mass is 9.93. The molecule has 0 aliphatic carbocycles. The molecule has 1 saturated heterocycles. The maximum Gasteiger partial charge on any atom is 0.184 e. The number of fused-ring (bicyclic) bond motifs is 1. The predicted molar refractivity (Wildman–Crippen MR) is 120 cm³/mol. The van der Waals surface area contributed by atoms with Gasteiger partial charge in [0.05, 0.1) is 16.6 Å². The van der Waals surface area contributed by atoms with Crippen molar-refractivity contribution in [1.82, 2.24) is 15.2 Å². The summed E-state index contributed by atoms with van der Waals surface area (Å²) in [5.41, 5.74) is 15.1. The number of anilines is 2. The zero-order valence-electron chi connectivity index (χ0n) is 17.0. The van der Waals surface area contributed by atoms with Gasteiger partial charge in [-0.05, 0) is 36.2 Å². The number of rotatable bonds is 3. The molecule has 1 atom stereocenters. The maximum atomic E-state index is 14.7. The van der Waals surface area contributed by atoms with E-state index in [0.29, 0.717) is 10.9 Å². The minimum absolute atomic E-state index is 0.0896. The van der Waals surface area contributed by atoms with E-state index in [2.05, 4.69) is 26.2 Å². The molecule has 2 aromatic carbocycles. The number of benzene rings is 2. The standard InChI is InChI=1S/C23H20FN7O/c24-18-9-15(32)5-6-16(18)21-17(10-25)19(20-22(27)29-30-23(20)28-21)12-1-3-14(4-2-12)31-8-7-13(26)11-31/h1-6,9,13,32H,7-8,11,26H2,(H3,27,28,29,30). The van der Waals surface area contributed by atoms with E-state index in [9.17, 15) is 14.8 Å². The Balaban J connectivity index is 1.71. The second kappa shape index (κ2) is 7.51. The van der Waals surface area contributed by atoms with Gasteiger partial charge in [-0.25, -0.2) is 9.37 Å². The second-order valence-corrected chi connectivity index (χ2v) is 7.86. The third kappa shape index (κ3) is 3.18. The Morgan fingerprint density at radius 1 is 1.22 bits per heavy atom. The van der Waals surface area contributed by atoms with Crippen molar-refractivity contribution in [3.63, 3.8) is 0 Å². The molecule has 0 amide bonds. The highest BCUT2D eigenvalue weighted by Crippen LogP contribution is 2.39. The summed E-state index contributed by atoms with van der Waals surface area (Å²) in [5, 5.41) is 27.0. The van der Waals surface area contributed by atoms with Crippen LogP contribution in [-0.2, 0) is 0 Å². The number of nitrogens with two attached hydrogens (primary N) is 2. The molecule has 4 aromatic rings. The van der Waals surface area contributed by atoms with Crippen molar-refractivity contribution in [3.05, 3.63) is 53.8 Å². The van der Waals surface area contributed by atoms with Crippen LogP contribution in [0.3, 0.4) is 0 Å². The lowest BCUT2D eigenvalue weighted by Gasteiger charge is -2.19. The summed E-state index contributed by atoms with van der Waals surface area (Å²) < 4.78 is 14.7. The van der Waals surface area contributed by atoms with Crippen LogP contribution in [-0.4, -0.2) is 39.4 Å². The van der Waals surface area contributed by atoms with Crippen molar-refractivity contribution in [2.24, 2.45) is 5.73 Å². The largest absolute Gasteiger partial charge is 0.508 e. The number of halogens is 1. The number of hydrogen-bond acceptors (Lipinski definition) is 7. The summed E-state index contributed by atoms with van der Waals surface area (Å²) >= 11 is 0. The Bertz CT molecular complexity index is 1370. The highest BCUT2D eigenvalue weighted by molar-refractivity contribution is 6.04. The maximum absolute atomic E-state index is 14.7. The number of hydrogen-bond donors (Lipinski definition) is 4. The smallest absolute Gasteiger partial charge is 0.184 e. The molecule has 32 heavy (non-hydrogen) atoms. The van der Waals surface area contributed by atoms with E-state index in [1.165, 1.54) is 12.1 Å². The van der Waals surface area contributed by atoms with Crippen molar-refractivity contribution >= 4 is 22.5 Å². The summed E-state index contributed by atoms with van der Waals surface area (Å²) in [6.07, 6.45) is 0.943. The van der Waals surface area contributed by atoms with E-state index in [1.54, 1.807) is 0 Å². The Kier molecular flexibility index (Phi) is 4.64. The van der Waals surface area contributed by atoms with Gasteiger partial charge in [0.2, 0.25) is 0 Å². The van der Waals surface area contributed by atoms with Crippen molar-refractivity contribution in [1.29, 1.82) is 5.26 Å². The first-order chi connectivity index (χ1) is 15.5. The average Bonchev–Trinajstić information content (AvgIpc) is 3.38. The first-order valence-corrected chi connectivity index (χ1v) is 10.1. The number of H-pyrrole nitrogens is 1. The zero-order valence-corrected chi connectivity index (χ0v) is 17.0. The summed E-state index contributed by atoms with van der Waals surface area (Å²) in [4.78, 5) is 6.63. The Morgan fingerprint density at radius 3 is 2.66 bits per heavy atom. The number of nitrogen functional groups attached to an aromatic ring is 1. The third-order valence-corrected chi connectivity index (χ3v) is 5.80. The van der Waals surface area contributed by atoms with Crippen molar-refractivity contribution in [2.75, 3.05) is 23.7 Å². The van der Waals surface area contributed by atoms with E-state index in [-0.39, 0.29) is 40.1 Å². The molecule has 0 saturated carbocycles. The fraction of sp³-hybridized carbons (Fsp3) is 0.174. The van der Waals surface area contributed by atoms with Crippen LogP contribution in [0.2, 0.25) is 0 Å². The zero-order chi connectivity index (χ0) is 22.4. The monoisotopic (exact) mass is 429 g/mol. The lowest BCUT2D eigenvalue weighted by molar-refractivity contribution is 0.469. The Labute approximate surface area is 182 Å². The molecule has 0 bridgehead atoms. The third-order valence-electron chi connectivity index (χ3n) is 5.80. The Hall–Kier alpha value is -4.16. The van der Waals surface area contributed by atoms with Gasteiger partial charge in [-0.15, -0.1) is 0 Å². The van der Waals surface area contributed by atoms with Gasteiger partial charge in [-0.3, -0.25) is 5.10 Å². The molecule has 6 N–H and O–H groups in total. The quantitative estimate of drug-likeness (QED) is 0.392. The van der Waals surface area contributed by atoms with Crippen LogP contribution in [0.1, 0.15) is 12.0 Å². The van der Waals surface area contributed by atoms with Crippen LogP contribution in [0, 0.1) is 17.1 Å². The number of pyridine rings is 1. The number of phenolic OH excluding ortho intramolecular Hbond substituents is 1. The number of aromatic nitrogens is 3. The first kappa shape index (κ1) is 19.8. The number of nitriles is 1. The van der Waals surface area contributed by atoms with Crippen LogP contribution in [0.4, 0.5) is 15.9 Å². The molecule has 0 radical (unpaired) electrons. The van der Waals surface area contributed by atoms with Crippen LogP contribution >= 0.6 is 0 Å². The van der Waals surface area contributed by atoms with E-state index in [4.69, 9.17) is 11.5 Å². The predicted octanol–water partition coefficient (Wildman–Crippen LogP) is 3.13. The van der Waals surface area contributed by atoms with Gasteiger partial charge in [-0.2, -0.15) is 10.4 Å². The average molecular weight is 429 g/mol. The Morgan fingerprint density at radius 2 is 2.00 bits per heavy atom. The van der Waals surface area contributed by atoms with Crippen LogP contribution in [0.25, 0.3) is 33.4 Å². The molecule has 160 valence electrons. The molecule has 1 unspecified atom stereocenters. The highest BCUT2D eigenvalue weighted by atomic mass is 19.1. The van der Waals surface area contributed by atoms with Gasteiger partial charge in [-0.1, -0.05) is 12.1 Å². The molecule has 5 rings (SSSR count). The van der Waals surface area contributed by atoms with E-state index in [1.807, 2.05) is 24.3 Å². The van der Waals surface area contributed by atoms with E-state index < -0.39 is 5.82 Å². The minimum atomic E-state index is -0.691. The highest BCUT2D eigenvalue weighted by Gasteiger charge is 2.24. The van der Waals surface area contributed by atoms with Crippen LogP contribution < -0.4 is 16.4 Å². The van der Waals surface area contributed by atoms with Gasteiger partial charge >= 0.3 is 0 Å². The summed E-state index contributed by atoms with van der Waals surface area (Å²) in [6.45, 7) is 1.68. The van der Waals surface area contributed by atoms with Crippen molar-refractivity contribution in [2.45, 2.75) is 12.5 Å². The molecule has 3 heterocycles. The fourth-order valence-corrected chi connectivity index (χ4v) is 4.23. The number of aromatic amines is 1. The molecule has 0 spiro atoms. The molecular weight excluding hydrogens is 409 g/mol. The van der Waals surface area contributed by atoms with Gasteiger partial charge < -0.3 is 21.5 Å². The normalized spacial score (nSPS) is 15.9. The summed E-state index contributed by atoms with van der Waals surface area (Å²) in [7, 11) is 0. The summed E-state index contributed by atoms with van der Waals surface area (Å²) in [5.74, 6) is -0.637. The number of nitrogens with one attached hydrogen (secondary N) is 1.